The maximum absolute atomic E-state index is 12.3. The fraction of sp³-hybridized carbons (Fsp3) is 0.111. The SMILES string of the molecule is Cc1cccc(C(=O)OCc2nc(N)nc(Nc3ccccc3)n2)c1[N+](=O)[O-]. The number of aryl methyl sites for hydroxylation is 1. The van der Waals surface area contributed by atoms with E-state index in [1.165, 1.54) is 6.07 Å². The summed E-state index contributed by atoms with van der Waals surface area (Å²) in [6.45, 7) is 1.23. The number of para-hydroxylation sites is 2. The smallest absolute Gasteiger partial charge is 0.345 e. The number of nitro groups is 1. The maximum atomic E-state index is 12.3. The van der Waals surface area contributed by atoms with Gasteiger partial charge in [0.15, 0.2) is 12.4 Å². The zero-order valence-electron chi connectivity index (χ0n) is 14.8. The summed E-state index contributed by atoms with van der Waals surface area (Å²) in [5.41, 5.74) is 6.34. The van der Waals surface area contributed by atoms with Gasteiger partial charge in [0.05, 0.1) is 4.92 Å². The van der Waals surface area contributed by atoms with E-state index < -0.39 is 10.9 Å². The highest BCUT2D eigenvalue weighted by Crippen LogP contribution is 2.24. The van der Waals surface area contributed by atoms with Crippen molar-refractivity contribution in [2.45, 2.75) is 13.5 Å². The van der Waals surface area contributed by atoms with Crippen molar-refractivity contribution in [3.8, 4) is 0 Å². The van der Waals surface area contributed by atoms with Gasteiger partial charge in [0.1, 0.15) is 5.56 Å². The van der Waals surface area contributed by atoms with Crippen molar-refractivity contribution in [1.29, 1.82) is 0 Å². The van der Waals surface area contributed by atoms with Crippen LogP contribution in [0.3, 0.4) is 0 Å². The summed E-state index contributed by atoms with van der Waals surface area (Å²) >= 11 is 0. The molecule has 1 aromatic heterocycles. The molecule has 10 nitrogen and oxygen atoms in total. The van der Waals surface area contributed by atoms with E-state index in [4.69, 9.17) is 10.5 Å². The third-order valence-electron chi connectivity index (χ3n) is 3.70. The number of esters is 1. The lowest BCUT2D eigenvalue weighted by atomic mass is 10.1. The molecule has 3 N–H and O–H groups in total. The van der Waals surface area contributed by atoms with Crippen LogP contribution in [0.15, 0.2) is 48.5 Å². The highest BCUT2D eigenvalue weighted by molar-refractivity contribution is 5.94. The number of nitrogen functional groups attached to an aromatic ring is 1. The molecule has 0 saturated heterocycles. The highest BCUT2D eigenvalue weighted by atomic mass is 16.6. The first-order chi connectivity index (χ1) is 13.4. The van der Waals surface area contributed by atoms with Gasteiger partial charge in [-0.25, -0.2) is 4.79 Å². The fourth-order valence-electron chi connectivity index (χ4n) is 2.48. The molecule has 3 rings (SSSR count). The summed E-state index contributed by atoms with van der Waals surface area (Å²) in [6.07, 6.45) is 0. The second-order valence-corrected chi connectivity index (χ2v) is 5.73. The first-order valence-electron chi connectivity index (χ1n) is 8.17. The Hall–Kier alpha value is -4.08. The van der Waals surface area contributed by atoms with Gasteiger partial charge in [-0.3, -0.25) is 10.1 Å². The van der Waals surface area contributed by atoms with Crippen LogP contribution in [0.5, 0.6) is 0 Å². The van der Waals surface area contributed by atoms with Crippen LogP contribution in [-0.2, 0) is 11.3 Å². The van der Waals surface area contributed by atoms with Crippen LogP contribution in [-0.4, -0.2) is 25.8 Å². The molecule has 0 fully saturated rings. The van der Waals surface area contributed by atoms with E-state index in [9.17, 15) is 14.9 Å². The topological polar surface area (TPSA) is 146 Å². The van der Waals surface area contributed by atoms with Crippen LogP contribution >= 0.6 is 0 Å². The monoisotopic (exact) mass is 380 g/mol. The van der Waals surface area contributed by atoms with Crippen LogP contribution in [0, 0.1) is 17.0 Å². The zero-order chi connectivity index (χ0) is 20.1. The third-order valence-corrected chi connectivity index (χ3v) is 3.70. The first kappa shape index (κ1) is 18.7. The third kappa shape index (κ3) is 4.36. The van der Waals surface area contributed by atoms with Gasteiger partial charge in [-0.15, -0.1) is 0 Å². The number of rotatable bonds is 6. The minimum atomic E-state index is -0.855. The zero-order valence-corrected chi connectivity index (χ0v) is 14.8. The van der Waals surface area contributed by atoms with E-state index >= 15 is 0 Å². The van der Waals surface area contributed by atoms with Gasteiger partial charge >= 0.3 is 5.97 Å². The Balaban J connectivity index is 1.75. The molecule has 3 aromatic rings. The molecular formula is C18H16N6O4. The van der Waals surface area contributed by atoms with Gasteiger partial charge in [-0.2, -0.15) is 15.0 Å². The molecule has 0 bridgehead atoms. The van der Waals surface area contributed by atoms with Crippen molar-refractivity contribution in [2.75, 3.05) is 11.1 Å². The Bertz CT molecular complexity index is 1030. The van der Waals surface area contributed by atoms with Gasteiger partial charge in [0.25, 0.3) is 5.69 Å². The summed E-state index contributed by atoms with van der Waals surface area (Å²) in [4.78, 5) is 35.0. The van der Waals surface area contributed by atoms with Crippen LogP contribution in [0.2, 0.25) is 0 Å². The number of hydrogen-bond donors (Lipinski definition) is 2. The van der Waals surface area contributed by atoms with E-state index in [1.807, 2.05) is 30.3 Å². The summed E-state index contributed by atoms with van der Waals surface area (Å²) < 4.78 is 5.14. The van der Waals surface area contributed by atoms with E-state index in [0.717, 1.165) is 5.69 Å². The molecule has 0 saturated carbocycles. The average Bonchev–Trinajstić information content (AvgIpc) is 2.66. The number of aromatic nitrogens is 3. The second kappa shape index (κ2) is 8.08. The molecule has 0 unspecified atom stereocenters. The Morgan fingerprint density at radius 2 is 1.89 bits per heavy atom. The molecule has 28 heavy (non-hydrogen) atoms. The van der Waals surface area contributed by atoms with Crippen molar-refractivity contribution in [3.63, 3.8) is 0 Å². The Morgan fingerprint density at radius 1 is 1.14 bits per heavy atom. The summed E-state index contributed by atoms with van der Waals surface area (Å²) in [5.74, 6) is -0.617. The molecule has 0 amide bonds. The van der Waals surface area contributed by atoms with Gasteiger partial charge in [-0.1, -0.05) is 30.3 Å². The number of nitrogens with zero attached hydrogens (tertiary/aromatic N) is 4. The minimum Gasteiger partial charge on any atom is -0.454 e. The number of anilines is 3. The van der Waals surface area contributed by atoms with Crippen LogP contribution < -0.4 is 11.1 Å². The van der Waals surface area contributed by atoms with E-state index in [-0.39, 0.29) is 35.6 Å². The predicted octanol–water partition coefficient (Wildman–Crippen LogP) is 2.77. The minimum absolute atomic E-state index is 0.0546. The normalized spacial score (nSPS) is 10.3. The summed E-state index contributed by atoms with van der Waals surface area (Å²) in [5, 5.41) is 14.2. The van der Waals surface area contributed by atoms with E-state index in [2.05, 4.69) is 20.3 Å². The predicted molar refractivity (Wildman–Crippen MR) is 101 cm³/mol. The lowest BCUT2D eigenvalue weighted by Gasteiger charge is -2.08. The molecule has 0 radical (unpaired) electrons. The van der Waals surface area contributed by atoms with Gasteiger partial charge in [0, 0.05) is 11.3 Å². The summed E-state index contributed by atoms with van der Waals surface area (Å²) in [7, 11) is 0. The molecule has 0 aliphatic heterocycles. The number of nitro benzene ring substituents is 1. The average molecular weight is 380 g/mol. The lowest BCUT2D eigenvalue weighted by molar-refractivity contribution is -0.385. The Morgan fingerprint density at radius 3 is 2.61 bits per heavy atom. The number of carbonyl (C=O) groups is 1. The quantitative estimate of drug-likeness (QED) is 0.374. The lowest BCUT2D eigenvalue weighted by Crippen LogP contribution is -2.12. The largest absolute Gasteiger partial charge is 0.454 e. The molecule has 0 aliphatic rings. The van der Waals surface area contributed by atoms with Gasteiger partial charge in [0.2, 0.25) is 11.9 Å². The Labute approximate surface area is 159 Å². The Kier molecular flexibility index (Phi) is 5.40. The van der Waals surface area contributed by atoms with Gasteiger partial charge < -0.3 is 15.8 Å². The number of benzene rings is 2. The molecule has 142 valence electrons. The molecule has 0 aliphatic carbocycles. The molecule has 0 spiro atoms. The summed E-state index contributed by atoms with van der Waals surface area (Å²) in [6, 6.07) is 13.6. The highest BCUT2D eigenvalue weighted by Gasteiger charge is 2.23. The van der Waals surface area contributed by atoms with Crippen molar-refractivity contribution >= 4 is 29.2 Å². The molecule has 0 atom stereocenters. The number of hydrogen-bond acceptors (Lipinski definition) is 9. The van der Waals surface area contributed by atoms with E-state index in [0.29, 0.717) is 5.56 Å². The van der Waals surface area contributed by atoms with Crippen molar-refractivity contribution in [3.05, 3.63) is 75.6 Å². The molecular weight excluding hydrogens is 364 g/mol. The number of ether oxygens (including phenoxy) is 1. The van der Waals surface area contributed by atoms with Crippen molar-refractivity contribution < 1.29 is 14.5 Å². The molecule has 2 aromatic carbocycles. The molecule has 10 heteroatoms. The van der Waals surface area contributed by atoms with Gasteiger partial charge in [-0.05, 0) is 25.1 Å². The van der Waals surface area contributed by atoms with Crippen molar-refractivity contribution in [1.82, 2.24) is 15.0 Å². The number of nitrogens with one attached hydrogen (secondary N) is 1. The van der Waals surface area contributed by atoms with Crippen molar-refractivity contribution in [2.24, 2.45) is 0 Å². The van der Waals surface area contributed by atoms with Crippen LogP contribution in [0.1, 0.15) is 21.7 Å². The molecule has 1 heterocycles. The van der Waals surface area contributed by atoms with E-state index in [1.54, 1.807) is 19.1 Å². The first-order valence-corrected chi connectivity index (χ1v) is 8.17. The fourth-order valence-corrected chi connectivity index (χ4v) is 2.48. The number of nitrogens with two attached hydrogens (primary N) is 1. The standard InChI is InChI=1S/C18H16N6O4/c1-11-6-5-9-13(15(11)24(26)27)16(25)28-10-14-21-17(19)23-18(22-14)20-12-7-3-2-4-8-12/h2-9H,10H2,1H3,(H3,19,20,21,22,23). The maximum Gasteiger partial charge on any atom is 0.345 e. The van der Waals surface area contributed by atoms with Crippen LogP contribution in [0.25, 0.3) is 0 Å². The number of carbonyl (C=O) groups excluding carboxylic acids is 1. The second-order valence-electron chi connectivity index (χ2n) is 5.73. The van der Waals surface area contributed by atoms with Crippen LogP contribution in [0.4, 0.5) is 23.3 Å².